The molecule has 2 aliphatic carbocycles. The topological polar surface area (TPSA) is 20.2 Å². The zero-order valence-corrected chi connectivity index (χ0v) is 11.6. The summed E-state index contributed by atoms with van der Waals surface area (Å²) in [7, 11) is -2.50. The Bertz CT molecular complexity index is 469. The van der Waals surface area contributed by atoms with Crippen molar-refractivity contribution in [1.82, 2.24) is 0 Å². The SMILES string of the molecule is C[Si](C)(O)c1c(Cl)c2cccccc-2c1Cl. The van der Waals surface area contributed by atoms with Crippen LogP contribution in [-0.2, 0) is 0 Å². The van der Waals surface area contributed by atoms with Crippen molar-refractivity contribution in [3.63, 3.8) is 0 Å². The molecular weight excluding hydrogens is 259 g/mol. The van der Waals surface area contributed by atoms with Crippen LogP contribution in [0.15, 0.2) is 30.3 Å². The van der Waals surface area contributed by atoms with Crippen molar-refractivity contribution in [1.29, 1.82) is 0 Å². The second kappa shape index (κ2) is 4.04. The normalized spacial score (nSPS) is 12.1. The zero-order chi connectivity index (χ0) is 11.9. The van der Waals surface area contributed by atoms with E-state index in [9.17, 15) is 4.80 Å². The molecule has 0 unspecified atom stereocenters. The average Bonchev–Trinajstić information content (AvgIpc) is 2.39. The van der Waals surface area contributed by atoms with Gasteiger partial charge in [0.1, 0.15) is 0 Å². The maximum atomic E-state index is 10.2. The second-order valence-corrected chi connectivity index (χ2v) is 8.67. The van der Waals surface area contributed by atoms with Crippen LogP contribution in [-0.4, -0.2) is 13.1 Å². The van der Waals surface area contributed by atoms with Crippen molar-refractivity contribution in [2.75, 3.05) is 0 Å². The Morgan fingerprint density at radius 1 is 0.938 bits per heavy atom. The van der Waals surface area contributed by atoms with Gasteiger partial charge in [-0.3, -0.25) is 0 Å². The molecule has 0 aromatic heterocycles. The summed E-state index contributed by atoms with van der Waals surface area (Å²) in [6, 6.07) is 9.61. The van der Waals surface area contributed by atoms with E-state index in [1.165, 1.54) is 0 Å². The van der Waals surface area contributed by atoms with E-state index in [4.69, 9.17) is 23.2 Å². The third-order valence-electron chi connectivity index (χ3n) is 2.56. The van der Waals surface area contributed by atoms with Crippen molar-refractivity contribution in [3.8, 4) is 11.1 Å². The fourth-order valence-electron chi connectivity index (χ4n) is 1.83. The van der Waals surface area contributed by atoms with Gasteiger partial charge in [-0.2, -0.15) is 0 Å². The third kappa shape index (κ3) is 1.87. The molecule has 0 atom stereocenters. The van der Waals surface area contributed by atoms with Crippen LogP contribution < -0.4 is 5.19 Å². The minimum absolute atomic E-state index is 0.593. The standard InChI is InChI=1S/C12H12Cl2OSi/c1-16(2,15)12-10(13)8-6-4-3-5-7-9(8)11(12)14/h3-7,15H,1-2H3. The molecule has 16 heavy (non-hydrogen) atoms. The maximum absolute atomic E-state index is 10.2. The molecule has 0 heterocycles. The van der Waals surface area contributed by atoms with E-state index in [-0.39, 0.29) is 0 Å². The lowest BCUT2D eigenvalue weighted by atomic mass is 10.2. The Morgan fingerprint density at radius 2 is 1.38 bits per heavy atom. The second-order valence-electron chi connectivity index (χ2n) is 4.30. The van der Waals surface area contributed by atoms with Gasteiger partial charge in [0.2, 0.25) is 8.32 Å². The van der Waals surface area contributed by atoms with Gasteiger partial charge in [0.05, 0.1) is 10.0 Å². The minimum atomic E-state index is -2.50. The van der Waals surface area contributed by atoms with Crippen LogP contribution in [0.25, 0.3) is 11.1 Å². The lowest BCUT2D eigenvalue weighted by Gasteiger charge is -2.14. The Kier molecular flexibility index (Phi) is 3.01. The van der Waals surface area contributed by atoms with Crippen LogP contribution >= 0.6 is 23.2 Å². The summed E-state index contributed by atoms with van der Waals surface area (Å²) in [5, 5.41) is 1.92. The highest BCUT2D eigenvalue weighted by molar-refractivity contribution is 6.87. The summed E-state index contributed by atoms with van der Waals surface area (Å²) in [6.45, 7) is 3.64. The van der Waals surface area contributed by atoms with Gasteiger partial charge in [0, 0.05) is 16.3 Å². The molecule has 2 aliphatic rings. The molecular formula is C12H12Cl2OSi. The highest BCUT2D eigenvalue weighted by Crippen LogP contribution is 2.37. The zero-order valence-electron chi connectivity index (χ0n) is 9.09. The molecule has 0 radical (unpaired) electrons. The van der Waals surface area contributed by atoms with Crippen molar-refractivity contribution in [2.24, 2.45) is 0 Å². The van der Waals surface area contributed by atoms with Crippen LogP contribution in [0, 0.1) is 0 Å². The monoisotopic (exact) mass is 270 g/mol. The summed E-state index contributed by atoms with van der Waals surface area (Å²) in [5.41, 5.74) is 1.81. The number of fused-ring (bicyclic) bond motifs is 1. The fraction of sp³-hybridized carbons (Fsp3) is 0.167. The van der Waals surface area contributed by atoms with Gasteiger partial charge in [0.25, 0.3) is 0 Å². The molecule has 0 saturated carbocycles. The van der Waals surface area contributed by atoms with Crippen LogP contribution in [0.1, 0.15) is 0 Å². The van der Waals surface area contributed by atoms with E-state index in [1.807, 2.05) is 43.4 Å². The molecule has 0 aromatic carbocycles. The van der Waals surface area contributed by atoms with E-state index in [1.54, 1.807) is 0 Å². The largest absolute Gasteiger partial charge is 0.428 e. The summed E-state index contributed by atoms with van der Waals surface area (Å²) >= 11 is 12.6. The molecule has 0 aliphatic heterocycles. The molecule has 0 spiro atoms. The Balaban J connectivity index is 2.83. The lowest BCUT2D eigenvalue weighted by Crippen LogP contribution is -2.41. The summed E-state index contributed by atoms with van der Waals surface area (Å²) in [4.78, 5) is 10.2. The van der Waals surface area contributed by atoms with Crippen molar-refractivity contribution in [3.05, 3.63) is 40.4 Å². The molecule has 1 nitrogen and oxygen atoms in total. The first kappa shape index (κ1) is 11.9. The highest BCUT2D eigenvalue weighted by atomic mass is 35.5. The van der Waals surface area contributed by atoms with Gasteiger partial charge in [-0.15, -0.1) is 0 Å². The Morgan fingerprint density at radius 3 is 1.75 bits per heavy atom. The highest BCUT2D eigenvalue weighted by Gasteiger charge is 2.32. The van der Waals surface area contributed by atoms with Crippen LogP contribution in [0.5, 0.6) is 0 Å². The van der Waals surface area contributed by atoms with Gasteiger partial charge in [0.15, 0.2) is 0 Å². The predicted molar refractivity (Wildman–Crippen MR) is 72.4 cm³/mol. The summed E-state index contributed by atoms with van der Waals surface area (Å²) in [6.07, 6.45) is 0. The first-order valence-corrected chi connectivity index (χ1v) is 8.72. The molecule has 0 fully saturated rings. The smallest absolute Gasteiger partial charge is 0.217 e. The lowest BCUT2D eigenvalue weighted by molar-refractivity contribution is 0.569. The maximum Gasteiger partial charge on any atom is 0.217 e. The third-order valence-corrected chi connectivity index (χ3v) is 5.39. The molecule has 0 amide bonds. The molecule has 84 valence electrons. The van der Waals surface area contributed by atoms with Crippen molar-refractivity contribution < 1.29 is 4.80 Å². The van der Waals surface area contributed by atoms with Gasteiger partial charge in [-0.25, -0.2) is 0 Å². The first-order valence-electron chi connectivity index (χ1n) is 5.01. The van der Waals surface area contributed by atoms with E-state index in [0.29, 0.717) is 10.0 Å². The molecule has 2 rings (SSSR count). The fourth-order valence-corrected chi connectivity index (χ4v) is 5.13. The average molecular weight is 271 g/mol. The molecule has 0 saturated heterocycles. The molecule has 0 bridgehead atoms. The van der Waals surface area contributed by atoms with Crippen LogP contribution in [0.2, 0.25) is 23.1 Å². The quantitative estimate of drug-likeness (QED) is 0.787. The van der Waals surface area contributed by atoms with Crippen molar-refractivity contribution >= 4 is 36.7 Å². The number of hydrogen-bond donors (Lipinski definition) is 1. The molecule has 1 N–H and O–H groups in total. The summed E-state index contributed by atoms with van der Waals surface area (Å²) in [5.74, 6) is 0. The first-order chi connectivity index (χ1) is 7.43. The number of hydrogen-bond acceptors (Lipinski definition) is 1. The number of halogens is 2. The van der Waals surface area contributed by atoms with E-state index in [2.05, 4.69) is 0 Å². The van der Waals surface area contributed by atoms with Crippen LogP contribution in [0.3, 0.4) is 0 Å². The van der Waals surface area contributed by atoms with Gasteiger partial charge < -0.3 is 4.80 Å². The minimum Gasteiger partial charge on any atom is -0.428 e. The van der Waals surface area contributed by atoms with E-state index >= 15 is 0 Å². The van der Waals surface area contributed by atoms with Gasteiger partial charge in [-0.05, 0) is 13.1 Å². The molecule has 4 heteroatoms. The van der Waals surface area contributed by atoms with Gasteiger partial charge in [-0.1, -0.05) is 53.5 Å². The van der Waals surface area contributed by atoms with Crippen molar-refractivity contribution in [2.45, 2.75) is 13.1 Å². The van der Waals surface area contributed by atoms with E-state index in [0.717, 1.165) is 16.3 Å². The van der Waals surface area contributed by atoms with Gasteiger partial charge >= 0.3 is 0 Å². The summed E-state index contributed by atoms with van der Waals surface area (Å²) < 4.78 is 0. The Labute approximate surface area is 106 Å². The van der Waals surface area contributed by atoms with E-state index < -0.39 is 8.32 Å². The number of rotatable bonds is 1. The Hall–Kier alpha value is -0.543. The van der Waals surface area contributed by atoms with Crippen LogP contribution in [0.4, 0.5) is 0 Å². The molecule has 0 aromatic rings. The predicted octanol–water partition coefficient (Wildman–Crippen LogP) is 3.50.